The molecule has 4 heteroatoms. The maximum Gasteiger partial charge on any atom is 0.314 e. The van der Waals surface area contributed by atoms with Gasteiger partial charge in [-0.1, -0.05) is 12.5 Å². The molecule has 88 valence electrons. The molecular formula is C13H12BrNO2. The van der Waals surface area contributed by atoms with Gasteiger partial charge in [-0.2, -0.15) is 0 Å². The number of carboxylic acid groups (broad SMARTS) is 1. The molecule has 0 radical (unpaired) electrons. The number of aliphatic carboxylic acids is 1. The molecule has 1 aliphatic carbocycles. The lowest BCUT2D eigenvalue weighted by atomic mass is 9.64. The summed E-state index contributed by atoms with van der Waals surface area (Å²) in [6.45, 7) is 0. The molecule has 1 aromatic carbocycles. The molecule has 1 aliphatic rings. The van der Waals surface area contributed by atoms with Crippen molar-refractivity contribution in [1.29, 1.82) is 0 Å². The molecule has 2 N–H and O–H groups in total. The van der Waals surface area contributed by atoms with E-state index in [9.17, 15) is 9.90 Å². The highest BCUT2D eigenvalue weighted by Gasteiger charge is 2.45. The van der Waals surface area contributed by atoms with E-state index in [1.807, 2.05) is 24.4 Å². The molecule has 0 bridgehead atoms. The average Bonchev–Trinajstić information content (AvgIpc) is 2.58. The van der Waals surface area contributed by atoms with Crippen LogP contribution in [0.2, 0.25) is 0 Å². The van der Waals surface area contributed by atoms with Crippen LogP contribution >= 0.6 is 15.9 Å². The third-order valence-electron chi connectivity index (χ3n) is 3.80. The Morgan fingerprint density at radius 3 is 2.76 bits per heavy atom. The molecule has 1 fully saturated rings. The van der Waals surface area contributed by atoms with Gasteiger partial charge < -0.3 is 10.1 Å². The number of rotatable bonds is 2. The van der Waals surface area contributed by atoms with Gasteiger partial charge in [-0.05, 0) is 46.5 Å². The zero-order valence-corrected chi connectivity index (χ0v) is 10.8. The van der Waals surface area contributed by atoms with Gasteiger partial charge in [0.25, 0.3) is 0 Å². The topological polar surface area (TPSA) is 53.1 Å². The first-order chi connectivity index (χ1) is 8.13. The monoisotopic (exact) mass is 293 g/mol. The van der Waals surface area contributed by atoms with Crippen LogP contribution in [0.1, 0.15) is 24.8 Å². The van der Waals surface area contributed by atoms with Crippen molar-refractivity contribution in [2.24, 2.45) is 0 Å². The van der Waals surface area contributed by atoms with Crippen molar-refractivity contribution in [3.8, 4) is 0 Å². The molecule has 3 rings (SSSR count). The summed E-state index contributed by atoms with van der Waals surface area (Å²) in [5, 5.41) is 10.5. The maximum absolute atomic E-state index is 11.4. The minimum absolute atomic E-state index is 0.648. The summed E-state index contributed by atoms with van der Waals surface area (Å²) >= 11 is 3.47. The lowest BCUT2D eigenvalue weighted by molar-refractivity contribution is -0.147. The van der Waals surface area contributed by atoms with Crippen molar-refractivity contribution >= 4 is 32.8 Å². The summed E-state index contributed by atoms with van der Waals surface area (Å²) in [6, 6.07) is 5.88. The second-order valence-electron chi connectivity index (χ2n) is 4.64. The number of carbonyl (C=O) groups is 1. The third-order valence-corrected chi connectivity index (χ3v) is 4.46. The molecule has 1 heterocycles. The minimum atomic E-state index is -0.699. The van der Waals surface area contributed by atoms with Crippen LogP contribution in [0.3, 0.4) is 0 Å². The zero-order valence-electron chi connectivity index (χ0n) is 9.16. The van der Waals surface area contributed by atoms with E-state index in [1.54, 1.807) is 0 Å². The van der Waals surface area contributed by atoms with Crippen LogP contribution < -0.4 is 0 Å². The second kappa shape index (κ2) is 3.60. The molecule has 0 atom stereocenters. The molecule has 2 aromatic rings. The number of halogens is 1. The Hall–Kier alpha value is -1.29. The van der Waals surface area contributed by atoms with Crippen molar-refractivity contribution in [2.75, 3.05) is 0 Å². The largest absolute Gasteiger partial charge is 0.481 e. The van der Waals surface area contributed by atoms with Crippen molar-refractivity contribution in [2.45, 2.75) is 24.7 Å². The molecule has 1 saturated carbocycles. The van der Waals surface area contributed by atoms with E-state index >= 15 is 0 Å². The van der Waals surface area contributed by atoms with Gasteiger partial charge in [0.1, 0.15) is 0 Å². The Labute approximate surface area is 107 Å². The van der Waals surface area contributed by atoms with Crippen molar-refractivity contribution < 1.29 is 9.90 Å². The quantitative estimate of drug-likeness (QED) is 0.891. The maximum atomic E-state index is 11.4. The highest BCUT2D eigenvalue weighted by Crippen LogP contribution is 2.45. The molecule has 0 amide bonds. The normalized spacial score (nSPS) is 17.9. The number of hydrogen-bond acceptors (Lipinski definition) is 1. The van der Waals surface area contributed by atoms with E-state index in [-0.39, 0.29) is 0 Å². The van der Waals surface area contributed by atoms with Crippen LogP contribution in [0, 0.1) is 0 Å². The predicted molar refractivity (Wildman–Crippen MR) is 69.2 cm³/mol. The summed E-state index contributed by atoms with van der Waals surface area (Å²) in [5.41, 5.74) is 1.30. The number of fused-ring (bicyclic) bond motifs is 1. The van der Waals surface area contributed by atoms with Gasteiger partial charge in [0.2, 0.25) is 0 Å². The van der Waals surface area contributed by atoms with Crippen LogP contribution in [0.15, 0.2) is 28.9 Å². The van der Waals surface area contributed by atoms with Gasteiger partial charge in [-0.3, -0.25) is 4.79 Å². The van der Waals surface area contributed by atoms with E-state index < -0.39 is 11.4 Å². The average molecular weight is 294 g/mol. The van der Waals surface area contributed by atoms with E-state index in [0.29, 0.717) is 0 Å². The van der Waals surface area contributed by atoms with Crippen LogP contribution in [0.5, 0.6) is 0 Å². The SMILES string of the molecule is O=C(O)C1(c2ccc3[nH]cc(Br)c3c2)CCC1. The van der Waals surface area contributed by atoms with Crippen LogP contribution in [-0.4, -0.2) is 16.1 Å². The Morgan fingerprint density at radius 1 is 1.41 bits per heavy atom. The smallest absolute Gasteiger partial charge is 0.314 e. The van der Waals surface area contributed by atoms with Gasteiger partial charge >= 0.3 is 5.97 Å². The number of H-pyrrole nitrogens is 1. The fraction of sp³-hybridized carbons (Fsp3) is 0.308. The van der Waals surface area contributed by atoms with Gasteiger partial charge in [0.15, 0.2) is 0 Å². The lowest BCUT2D eigenvalue weighted by Crippen LogP contribution is -2.42. The summed E-state index contributed by atoms with van der Waals surface area (Å²) in [4.78, 5) is 14.6. The number of nitrogens with one attached hydrogen (secondary N) is 1. The Bertz CT molecular complexity index is 598. The van der Waals surface area contributed by atoms with E-state index in [4.69, 9.17) is 0 Å². The zero-order chi connectivity index (χ0) is 12.0. The van der Waals surface area contributed by atoms with Gasteiger partial charge in [0, 0.05) is 21.6 Å². The Kier molecular flexibility index (Phi) is 2.30. The third kappa shape index (κ3) is 1.43. The highest BCUT2D eigenvalue weighted by molar-refractivity contribution is 9.10. The van der Waals surface area contributed by atoms with Crippen molar-refractivity contribution in [3.63, 3.8) is 0 Å². The predicted octanol–water partition coefficient (Wildman–Crippen LogP) is 3.44. The first kappa shape index (κ1) is 10.8. The summed E-state index contributed by atoms with van der Waals surface area (Å²) in [7, 11) is 0. The lowest BCUT2D eigenvalue weighted by Gasteiger charge is -2.38. The molecule has 1 aromatic heterocycles. The summed E-state index contributed by atoms with van der Waals surface area (Å²) in [6.07, 6.45) is 4.37. The number of aromatic amines is 1. The van der Waals surface area contributed by atoms with Crippen molar-refractivity contribution in [1.82, 2.24) is 4.98 Å². The fourth-order valence-corrected chi connectivity index (χ4v) is 2.98. The van der Waals surface area contributed by atoms with Crippen molar-refractivity contribution in [3.05, 3.63) is 34.4 Å². The second-order valence-corrected chi connectivity index (χ2v) is 5.49. The molecular weight excluding hydrogens is 282 g/mol. The molecule has 0 saturated heterocycles. The number of benzene rings is 1. The van der Waals surface area contributed by atoms with E-state index in [1.165, 1.54) is 0 Å². The van der Waals surface area contributed by atoms with Gasteiger partial charge in [-0.25, -0.2) is 0 Å². The first-order valence-electron chi connectivity index (χ1n) is 5.64. The molecule has 0 aliphatic heterocycles. The number of aromatic nitrogens is 1. The van der Waals surface area contributed by atoms with Crippen LogP contribution in [0.4, 0.5) is 0 Å². The number of carboxylic acids is 1. The van der Waals surface area contributed by atoms with E-state index in [2.05, 4.69) is 20.9 Å². The Morgan fingerprint density at radius 2 is 2.18 bits per heavy atom. The minimum Gasteiger partial charge on any atom is -0.481 e. The Balaban J connectivity index is 2.17. The van der Waals surface area contributed by atoms with Gasteiger partial charge in [0.05, 0.1) is 5.41 Å². The summed E-state index contributed by atoms with van der Waals surface area (Å²) < 4.78 is 0.981. The standard InChI is InChI=1S/C13H12BrNO2/c14-10-7-15-11-3-2-8(6-9(10)11)13(12(16)17)4-1-5-13/h2-3,6-7,15H,1,4-5H2,(H,16,17). The summed E-state index contributed by atoms with van der Waals surface area (Å²) in [5.74, 6) is -0.699. The highest BCUT2D eigenvalue weighted by atomic mass is 79.9. The van der Waals surface area contributed by atoms with Crippen LogP contribution in [-0.2, 0) is 10.2 Å². The van der Waals surface area contributed by atoms with E-state index in [0.717, 1.165) is 40.2 Å². The molecule has 3 nitrogen and oxygen atoms in total. The molecule has 0 spiro atoms. The molecule has 17 heavy (non-hydrogen) atoms. The van der Waals surface area contributed by atoms with Crippen LogP contribution in [0.25, 0.3) is 10.9 Å². The number of hydrogen-bond donors (Lipinski definition) is 2. The van der Waals surface area contributed by atoms with Gasteiger partial charge in [-0.15, -0.1) is 0 Å². The molecule has 0 unspecified atom stereocenters. The fourth-order valence-electron chi connectivity index (χ4n) is 2.54. The first-order valence-corrected chi connectivity index (χ1v) is 6.43.